The number of hydrogen-bond acceptors (Lipinski definition) is 4. The summed E-state index contributed by atoms with van der Waals surface area (Å²) in [6.45, 7) is 7.35. The van der Waals surface area contributed by atoms with Crippen molar-refractivity contribution in [3.63, 3.8) is 0 Å². The van der Waals surface area contributed by atoms with Crippen LogP contribution in [0.4, 0.5) is 5.82 Å². The minimum atomic E-state index is 0.341. The zero-order chi connectivity index (χ0) is 15.4. The van der Waals surface area contributed by atoms with E-state index in [4.69, 9.17) is 18.0 Å². The maximum atomic E-state index is 5.83. The summed E-state index contributed by atoms with van der Waals surface area (Å²) in [6, 6.07) is 0.341. The predicted molar refractivity (Wildman–Crippen MR) is 89.3 cm³/mol. The van der Waals surface area contributed by atoms with E-state index in [-0.39, 0.29) is 0 Å². The largest absolute Gasteiger partial charge is 0.389 e. The third-order valence-corrected chi connectivity index (χ3v) is 3.36. The van der Waals surface area contributed by atoms with Crippen LogP contribution in [0.5, 0.6) is 0 Å². The van der Waals surface area contributed by atoms with Gasteiger partial charge in [-0.15, -0.1) is 0 Å². The standard InChI is InChI=1S/C14H27N5S/c1-9(2)7-11(8-18(4)5)16-14-12(13(15)20)10(3)17-19(14)6/h9,11,16H,7-8H2,1-6H3,(H2,15,20). The first-order valence-corrected chi connectivity index (χ1v) is 7.37. The third-order valence-electron chi connectivity index (χ3n) is 3.15. The lowest BCUT2D eigenvalue weighted by Crippen LogP contribution is -2.34. The Morgan fingerprint density at radius 1 is 1.45 bits per heavy atom. The van der Waals surface area contributed by atoms with Crippen molar-refractivity contribution in [2.45, 2.75) is 33.2 Å². The quantitative estimate of drug-likeness (QED) is 0.751. The molecule has 0 spiro atoms. The van der Waals surface area contributed by atoms with Crippen LogP contribution in [0.2, 0.25) is 0 Å². The van der Waals surface area contributed by atoms with Gasteiger partial charge in [0.25, 0.3) is 0 Å². The molecule has 1 rings (SSSR count). The first kappa shape index (κ1) is 16.9. The lowest BCUT2D eigenvalue weighted by atomic mass is 10.0. The lowest BCUT2D eigenvalue weighted by molar-refractivity contribution is 0.355. The van der Waals surface area contributed by atoms with Gasteiger partial charge in [-0.05, 0) is 33.4 Å². The van der Waals surface area contributed by atoms with E-state index in [0.717, 1.165) is 30.0 Å². The third kappa shape index (κ3) is 4.45. The molecule has 0 saturated heterocycles. The van der Waals surface area contributed by atoms with Crippen LogP contribution < -0.4 is 11.1 Å². The maximum absolute atomic E-state index is 5.83. The van der Waals surface area contributed by atoms with Gasteiger partial charge >= 0.3 is 0 Å². The van der Waals surface area contributed by atoms with Gasteiger partial charge in [0, 0.05) is 19.6 Å². The second-order valence-electron chi connectivity index (χ2n) is 6.03. The molecule has 114 valence electrons. The Morgan fingerprint density at radius 2 is 2.05 bits per heavy atom. The molecule has 5 nitrogen and oxygen atoms in total. The molecule has 0 saturated carbocycles. The molecule has 0 amide bonds. The molecule has 0 aliphatic heterocycles. The lowest BCUT2D eigenvalue weighted by Gasteiger charge is -2.25. The number of aromatic nitrogens is 2. The van der Waals surface area contributed by atoms with E-state index in [1.165, 1.54) is 0 Å². The normalized spacial score (nSPS) is 13.0. The number of nitrogens with zero attached hydrogens (tertiary/aromatic N) is 3. The molecule has 0 fully saturated rings. The van der Waals surface area contributed by atoms with Gasteiger partial charge in [0.1, 0.15) is 10.8 Å². The molecule has 1 heterocycles. The highest BCUT2D eigenvalue weighted by Crippen LogP contribution is 2.21. The first-order chi connectivity index (χ1) is 9.22. The van der Waals surface area contributed by atoms with Gasteiger partial charge in [-0.3, -0.25) is 4.68 Å². The fourth-order valence-electron chi connectivity index (χ4n) is 2.50. The Balaban J connectivity index is 3.01. The summed E-state index contributed by atoms with van der Waals surface area (Å²) >= 11 is 5.15. The van der Waals surface area contributed by atoms with Crippen molar-refractivity contribution in [3.8, 4) is 0 Å². The molecule has 1 aromatic rings. The molecule has 3 N–H and O–H groups in total. The molecule has 0 aliphatic carbocycles. The zero-order valence-electron chi connectivity index (χ0n) is 13.4. The van der Waals surface area contributed by atoms with Crippen molar-refractivity contribution in [3.05, 3.63) is 11.3 Å². The number of anilines is 1. The average molecular weight is 297 g/mol. The Hall–Kier alpha value is -1.14. The summed E-state index contributed by atoms with van der Waals surface area (Å²) in [4.78, 5) is 2.58. The van der Waals surface area contributed by atoms with E-state index in [1.54, 1.807) is 0 Å². The molecule has 6 heteroatoms. The van der Waals surface area contributed by atoms with E-state index in [0.29, 0.717) is 16.9 Å². The molecule has 0 aliphatic rings. The van der Waals surface area contributed by atoms with Crippen LogP contribution >= 0.6 is 12.2 Å². The van der Waals surface area contributed by atoms with Gasteiger partial charge in [0.05, 0.1) is 11.3 Å². The Kier molecular flexibility index (Phi) is 5.95. The van der Waals surface area contributed by atoms with E-state index >= 15 is 0 Å². The molecule has 0 bridgehead atoms. The van der Waals surface area contributed by atoms with Crippen molar-refractivity contribution < 1.29 is 0 Å². The molecule has 0 radical (unpaired) electrons. The minimum Gasteiger partial charge on any atom is -0.389 e. The first-order valence-electron chi connectivity index (χ1n) is 6.97. The Bertz CT molecular complexity index is 454. The van der Waals surface area contributed by atoms with Gasteiger partial charge in [-0.25, -0.2) is 0 Å². The monoisotopic (exact) mass is 297 g/mol. The maximum Gasteiger partial charge on any atom is 0.134 e. The van der Waals surface area contributed by atoms with Gasteiger partial charge < -0.3 is 16.0 Å². The number of thiocarbonyl (C=S) groups is 1. The smallest absolute Gasteiger partial charge is 0.134 e. The molecule has 20 heavy (non-hydrogen) atoms. The van der Waals surface area contributed by atoms with Gasteiger partial charge in [-0.1, -0.05) is 26.1 Å². The van der Waals surface area contributed by atoms with Crippen molar-refractivity contribution in [2.24, 2.45) is 18.7 Å². The van der Waals surface area contributed by atoms with Crippen molar-refractivity contribution in [1.29, 1.82) is 0 Å². The Labute approximate surface area is 127 Å². The van der Waals surface area contributed by atoms with E-state index in [2.05, 4.69) is 43.3 Å². The number of nitrogens with one attached hydrogen (secondary N) is 1. The second kappa shape index (κ2) is 7.04. The average Bonchev–Trinajstić information content (AvgIpc) is 2.51. The summed E-state index contributed by atoms with van der Waals surface area (Å²) in [5, 5.41) is 7.99. The highest BCUT2D eigenvalue weighted by atomic mass is 32.1. The van der Waals surface area contributed by atoms with Crippen LogP contribution in [-0.2, 0) is 7.05 Å². The minimum absolute atomic E-state index is 0.341. The van der Waals surface area contributed by atoms with Crippen LogP contribution in [0.15, 0.2) is 0 Å². The van der Waals surface area contributed by atoms with Crippen LogP contribution in [0.25, 0.3) is 0 Å². The highest BCUT2D eigenvalue weighted by molar-refractivity contribution is 7.80. The number of aryl methyl sites for hydroxylation is 2. The van der Waals surface area contributed by atoms with E-state index in [9.17, 15) is 0 Å². The van der Waals surface area contributed by atoms with Gasteiger partial charge in [0.2, 0.25) is 0 Å². The highest BCUT2D eigenvalue weighted by Gasteiger charge is 2.20. The summed E-state index contributed by atoms with van der Waals surface area (Å²) in [6.07, 6.45) is 1.08. The van der Waals surface area contributed by atoms with Gasteiger partial charge in [-0.2, -0.15) is 5.10 Å². The molecular weight excluding hydrogens is 270 g/mol. The molecule has 1 atom stereocenters. The molecule has 1 aromatic heterocycles. The summed E-state index contributed by atoms with van der Waals surface area (Å²) in [5.74, 6) is 1.54. The molecule has 0 aromatic carbocycles. The van der Waals surface area contributed by atoms with Gasteiger partial charge in [0.15, 0.2) is 0 Å². The fraction of sp³-hybridized carbons (Fsp3) is 0.714. The van der Waals surface area contributed by atoms with Crippen molar-refractivity contribution in [1.82, 2.24) is 14.7 Å². The van der Waals surface area contributed by atoms with Crippen molar-refractivity contribution >= 4 is 23.0 Å². The summed E-state index contributed by atoms with van der Waals surface area (Å²) in [7, 11) is 6.08. The Morgan fingerprint density at radius 3 is 2.50 bits per heavy atom. The van der Waals surface area contributed by atoms with Crippen molar-refractivity contribution in [2.75, 3.05) is 26.0 Å². The number of rotatable bonds is 7. The summed E-state index contributed by atoms with van der Waals surface area (Å²) in [5.41, 5.74) is 7.56. The van der Waals surface area contributed by atoms with Crippen LogP contribution in [-0.4, -0.2) is 46.4 Å². The fourth-order valence-corrected chi connectivity index (χ4v) is 2.75. The van der Waals surface area contributed by atoms with Crippen LogP contribution in [0.3, 0.4) is 0 Å². The summed E-state index contributed by atoms with van der Waals surface area (Å²) < 4.78 is 1.83. The topological polar surface area (TPSA) is 59.1 Å². The number of hydrogen-bond donors (Lipinski definition) is 2. The zero-order valence-corrected chi connectivity index (χ0v) is 14.2. The predicted octanol–water partition coefficient (Wildman–Crippen LogP) is 1.75. The van der Waals surface area contributed by atoms with E-state index < -0.39 is 0 Å². The van der Waals surface area contributed by atoms with E-state index in [1.807, 2.05) is 18.7 Å². The molecule has 1 unspecified atom stereocenters. The van der Waals surface area contributed by atoms with Crippen LogP contribution in [0, 0.1) is 12.8 Å². The number of nitrogens with two attached hydrogens (primary N) is 1. The molecular formula is C14H27N5S. The number of likely N-dealkylation sites (N-methyl/N-ethyl adjacent to an activating group) is 1. The van der Waals surface area contributed by atoms with Crippen LogP contribution in [0.1, 0.15) is 31.5 Å². The SMILES string of the molecule is Cc1nn(C)c(NC(CC(C)C)CN(C)C)c1C(N)=S. The second-order valence-corrected chi connectivity index (χ2v) is 6.47.